The van der Waals surface area contributed by atoms with Gasteiger partial charge in [0.2, 0.25) is 0 Å². The summed E-state index contributed by atoms with van der Waals surface area (Å²) in [5, 5.41) is 7.96. The minimum absolute atomic E-state index is 0.497. The monoisotopic (exact) mass is 330 g/mol. The second-order valence-corrected chi connectivity index (χ2v) is 6.83. The fourth-order valence-electron chi connectivity index (χ4n) is 2.47. The van der Waals surface area contributed by atoms with Crippen LogP contribution in [0.4, 0.5) is 0 Å². The van der Waals surface area contributed by atoms with Gasteiger partial charge in [0.05, 0.1) is 5.01 Å². The van der Waals surface area contributed by atoms with E-state index in [1.807, 2.05) is 13.2 Å². The lowest BCUT2D eigenvalue weighted by molar-refractivity contribution is 0.629. The van der Waals surface area contributed by atoms with Crippen molar-refractivity contribution in [3.05, 3.63) is 52.0 Å². The van der Waals surface area contributed by atoms with Gasteiger partial charge in [0.15, 0.2) is 5.96 Å². The largest absolute Gasteiger partial charge is 0.356 e. The molecule has 0 radical (unpaired) electrons. The molecule has 1 heterocycles. The van der Waals surface area contributed by atoms with Crippen LogP contribution in [0.1, 0.15) is 34.7 Å². The average Bonchev–Trinajstić information content (AvgIpc) is 3.00. The summed E-state index contributed by atoms with van der Waals surface area (Å²) in [6.45, 7) is 6.04. The van der Waals surface area contributed by atoms with Crippen molar-refractivity contribution in [2.75, 3.05) is 20.1 Å². The molecule has 0 bridgehead atoms. The Hall–Kier alpha value is -1.88. The summed E-state index contributed by atoms with van der Waals surface area (Å²) in [5.74, 6) is 1.35. The standard InChI is InChI=1S/C18H26N4S/c1-4-15(16-8-6-5-7-9-16)13-22-18(19-3)20-11-10-17-21-12-14(2)23-17/h5-9,12,15H,4,10-11,13H2,1-3H3,(H2,19,20,22). The molecule has 1 unspecified atom stereocenters. The van der Waals surface area contributed by atoms with Crippen molar-refractivity contribution in [1.82, 2.24) is 15.6 Å². The topological polar surface area (TPSA) is 49.3 Å². The molecule has 0 amide bonds. The molecular formula is C18H26N4S. The summed E-state index contributed by atoms with van der Waals surface area (Å²) in [6.07, 6.45) is 3.96. The highest BCUT2D eigenvalue weighted by Crippen LogP contribution is 2.17. The Kier molecular flexibility index (Phi) is 7.07. The highest BCUT2D eigenvalue weighted by Gasteiger charge is 2.09. The first-order chi connectivity index (χ1) is 11.2. The van der Waals surface area contributed by atoms with Crippen LogP contribution in [-0.2, 0) is 6.42 Å². The lowest BCUT2D eigenvalue weighted by atomic mass is 9.97. The smallest absolute Gasteiger partial charge is 0.191 e. The molecule has 1 atom stereocenters. The van der Waals surface area contributed by atoms with Crippen molar-refractivity contribution in [1.29, 1.82) is 0 Å². The first-order valence-corrected chi connectivity index (χ1v) is 8.95. The third-order valence-corrected chi connectivity index (χ3v) is 4.78. The van der Waals surface area contributed by atoms with Crippen LogP contribution in [0.3, 0.4) is 0 Å². The van der Waals surface area contributed by atoms with E-state index in [0.29, 0.717) is 5.92 Å². The van der Waals surface area contributed by atoms with E-state index in [4.69, 9.17) is 0 Å². The zero-order valence-corrected chi connectivity index (χ0v) is 15.0. The van der Waals surface area contributed by atoms with Crippen LogP contribution in [0.2, 0.25) is 0 Å². The van der Waals surface area contributed by atoms with Crippen LogP contribution in [-0.4, -0.2) is 31.1 Å². The first-order valence-electron chi connectivity index (χ1n) is 8.13. The van der Waals surface area contributed by atoms with E-state index < -0.39 is 0 Å². The van der Waals surface area contributed by atoms with Gasteiger partial charge in [0, 0.05) is 43.5 Å². The number of thiazole rings is 1. The van der Waals surface area contributed by atoms with Crippen LogP contribution in [0, 0.1) is 6.92 Å². The number of guanidine groups is 1. The normalized spacial score (nSPS) is 12.9. The maximum Gasteiger partial charge on any atom is 0.191 e. The van der Waals surface area contributed by atoms with Gasteiger partial charge in [-0.05, 0) is 18.9 Å². The number of nitrogens with one attached hydrogen (secondary N) is 2. The SMILES string of the molecule is CCC(CNC(=NC)NCCc1ncc(C)s1)c1ccccc1. The van der Waals surface area contributed by atoms with Crippen LogP contribution < -0.4 is 10.6 Å². The molecule has 23 heavy (non-hydrogen) atoms. The van der Waals surface area contributed by atoms with Gasteiger partial charge in [-0.25, -0.2) is 4.98 Å². The Labute approximate surface area is 143 Å². The van der Waals surface area contributed by atoms with Crippen molar-refractivity contribution >= 4 is 17.3 Å². The quantitative estimate of drug-likeness (QED) is 0.604. The van der Waals surface area contributed by atoms with Gasteiger partial charge in [0.1, 0.15) is 0 Å². The van der Waals surface area contributed by atoms with Crippen molar-refractivity contribution in [2.24, 2.45) is 4.99 Å². The molecule has 4 nitrogen and oxygen atoms in total. The van der Waals surface area contributed by atoms with Gasteiger partial charge < -0.3 is 10.6 Å². The molecule has 0 aliphatic heterocycles. The second-order valence-electron chi connectivity index (χ2n) is 5.51. The number of rotatable bonds is 7. The fraction of sp³-hybridized carbons (Fsp3) is 0.444. The molecule has 124 valence electrons. The molecule has 1 aromatic carbocycles. The third kappa shape index (κ3) is 5.67. The molecule has 5 heteroatoms. The molecule has 0 saturated heterocycles. The van der Waals surface area contributed by atoms with Gasteiger partial charge in [-0.3, -0.25) is 4.99 Å². The third-order valence-electron chi connectivity index (χ3n) is 3.80. The Morgan fingerprint density at radius 1 is 1.26 bits per heavy atom. The van der Waals surface area contributed by atoms with Gasteiger partial charge in [-0.2, -0.15) is 0 Å². The highest BCUT2D eigenvalue weighted by atomic mass is 32.1. The number of aryl methyl sites for hydroxylation is 1. The lowest BCUT2D eigenvalue weighted by Gasteiger charge is -2.18. The molecule has 0 spiro atoms. The van der Waals surface area contributed by atoms with Gasteiger partial charge in [-0.1, -0.05) is 37.3 Å². The summed E-state index contributed by atoms with van der Waals surface area (Å²) in [6, 6.07) is 10.6. The Morgan fingerprint density at radius 3 is 2.65 bits per heavy atom. The van der Waals surface area contributed by atoms with E-state index in [1.165, 1.54) is 15.4 Å². The zero-order chi connectivity index (χ0) is 16.5. The maximum absolute atomic E-state index is 4.38. The van der Waals surface area contributed by atoms with Gasteiger partial charge >= 0.3 is 0 Å². The summed E-state index contributed by atoms with van der Waals surface area (Å²) in [5.41, 5.74) is 1.37. The van der Waals surface area contributed by atoms with Crippen molar-refractivity contribution in [3.8, 4) is 0 Å². The number of hydrogen-bond donors (Lipinski definition) is 2. The summed E-state index contributed by atoms with van der Waals surface area (Å²) in [7, 11) is 1.81. The van der Waals surface area contributed by atoms with Crippen molar-refractivity contribution < 1.29 is 0 Å². The molecule has 2 N–H and O–H groups in total. The molecule has 0 fully saturated rings. The molecule has 2 rings (SSSR count). The van der Waals surface area contributed by atoms with Crippen LogP contribution >= 0.6 is 11.3 Å². The second kappa shape index (κ2) is 9.30. The van der Waals surface area contributed by atoms with E-state index in [-0.39, 0.29) is 0 Å². The van der Waals surface area contributed by atoms with E-state index in [0.717, 1.165) is 31.9 Å². The number of benzene rings is 1. The lowest BCUT2D eigenvalue weighted by Crippen LogP contribution is -2.40. The van der Waals surface area contributed by atoms with Crippen LogP contribution in [0.15, 0.2) is 41.5 Å². The van der Waals surface area contributed by atoms with Crippen LogP contribution in [0.25, 0.3) is 0 Å². The molecular weight excluding hydrogens is 304 g/mol. The molecule has 0 saturated carbocycles. The number of aromatic nitrogens is 1. The zero-order valence-electron chi connectivity index (χ0n) is 14.2. The average molecular weight is 331 g/mol. The van der Waals surface area contributed by atoms with Gasteiger partial charge in [0.25, 0.3) is 0 Å². The van der Waals surface area contributed by atoms with E-state index in [2.05, 4.69) is 64.8 Å². The minimum atomic E-state index is 0.497. The predicted octanol–water partition coefficient (Wildman–Crippen LogP) is 3.35. The van der Waals surface area contributed by atoms with Crippen molar-refractivity contribution in [3.63, 3.8) is 0 Å². The number of hydrogen-bond acceptors (Lipinski definition) is 3. The van der Waals surface area contributed by atoms with Crippen molar-refractivity contribution in [2.45, 2.75) is 32.6 Å². The van der Waals surface area contributed by atoms with Crippen LogP contribution in [0.5, 0.6) is 0 Å². The molecule has 1 aromatic heterocycles. The Balaban J connectivity index is 1.78. The number of nitrogens with zero attached hydrogens (tertiary/aromatic N) is 2. The molecule has 0 aliphatic carbocycles. The highest BCUT2D eigenvalue weighted by molar-refractivity contribution is 7.11. The maximum atomic E-state index is 4.38. The van der Waals surface area contributed by atoms with E-state index in [1.54, 1.807) is 11.3 Å². The molecule has 2 aromatic rings. The fourth-order valence-corrected chi connectivity index (χ4v) is 3.26. The summed E-state index contributed by atoms with van der Waals surface area (Å²) < 4.78 is 0. The summed E-state index contributed by atoms with van der Waals surface area (Å²) in [4.78, 5) is 9.95. The van der Waals surface area contributed by atoms with E-state index >= 15 is 0 Å². The minimum Gasteiger partial charge on any atom is -0.356 e. The molecule has 0 aliphatic rings. The Morgan fingerprint density at radius 2 is 2.04 bits per heavy atom. The predicted molar refractivity (Wildman–Crippen MR) is 99.4 cm³/mol. The Bertz CT molecular complexity index is 606. The number of aliphatic imine (C=N–C) groups is 1. The van der Waals surface area contributed by atoms with E-state index in [9.17, 15) is 0 Å². The van der Waals surface area contributed by atoms with Gasteiger partial charge in [-0.15, -0.1) is 11.3 Å². The first kappa shape index (κ1) is 17.5. The summed E-state index contributed by atoms with van der Waals surface area (Å²) >= 11 is 1.75.